The van der Waals surface area contributed by atoms with E-state index in [1.807, 2.05) is 38.1 Å². The maximum Gasteiger partial charge on any atom is 0.244 e. The standard InChI is InChI=1S/C21H27ClN2O4S/c1-5-20(24(29(4,26)27)18-11-9-17(22)10-12-18)21(25)23-14-16-7-6-8-19(13-16)28-15(2)3/h6-13,15,20H,5,14H2,1-4H3,(H,23,25). The number of halogens is 1. The number of hydrogen-bond acceptors (Lipinski definition) is 4. The van der Waals surface area contributed by atoms with E-state index in [4.69, 9.17) is 16.3 Å². The van der Waals surface area contributed by atoms with Crippen molar-refractivity contribution in [1.82, 2.24) is 5.32 Å². The molecule has 0 saturated carbocycles. The maximum atomic E-state index is 12.9. The Kier molecular flexibility index (Phi) is 7.93. The number of carbonyl (C=O) groups excluding carboxylic acids is 1. The Balaban J connectivity index is 2.18. The number of nitrogens with one attached hydrogen (secondary N) is 1. The second kappa shape index (κ2) is 9.98. The van der Waals surface area contributed by atoms with Crippen molar-refractivity contribution in [2.45, 2.75) is 45.9 Å². The van der Waals surface area contributed by atoms with E-state index in [2.05, 4.69) is 5.32 Å². The lowest BCUT2D eigenvalue weighted by atomic mass is 10.1. The monoisotopic (exact) mass is 438 g/mol. The molecule has 0 aromatic heterocycles. The normalized spacial score (nSPS) is 12.5. The zero-order valence-corrected chi connectivity index (χ0v) is 18.6. The number of hydrogen-bond donors (Lipinski definition) is 1. The summed E-state index contributed by atoms with van der Waals surface area (Å²) in [6, 6.07) is 12.9. The number of rotatable bonds is 9. The van der Waals surface area contributed by atoms with Crippen molar-refractivity contribution < 1.29 is 17.9 Å². The Morgan fingerprint density at radius 3 is 2.38 bits per heavy atom. The van der Waals surface area contributed by atoms with Gasteiger partial charge in [0, 0.05) is 11.6 Å². The molecule has 0 aliphatic carbocycles. The van der Waals surface area contributed by atoms with Crippen LogP contribution in [0.5, 0.6) is 5.75 Å². The molecule has 0 bridgehead atoms. The van der Waals surface area contributed by atoms with Crippen LogP contribution in [0.25, 0.3) is 0 Å². The van der Waals surface area contributed by atoms with Crippen LogP contribution in [-0.2, 0) is 21.4 Å². The first-order valence-corrected chi connectivity index (χ1v) is 11.6. The summed E-state index contributed by atoms with van der Waals surface area (Å²) in [4.78, 5) is 12.9. The van der Waals surface area contributed by atoms with Gasteiger partial charge in [0.15, 0.2) is 0 Å². The van der Waals surface area contributed by atoms with Gasteiger partial charge < -0.3 is 10.1 Å². The van der Waals surface area contributed by atoms with Crippen LogP contribution in [0.2, 0.25) is 5.02 Å². The van der Waals surface area contributed by atoms with Gasteiger partial charge in [-0.3, -0.25) is 9.10 Å². The molecule has 0 radical (unpaired) electrons. The minimum Gasteiger partial charge on any atom is -0.491 e. The highest BCUT2D eigenvalue weighted by Gasteiger charge is 2.31. The lowest BCUT2D eigenvalue weighted by molar-refractivity contribution is -0.122. The number of sulfonamides is 1. The summed E-state index contributed by atoms with van der Waals surface area (Å²) >= 11 is 5.91. The average Bonchev–Trinajstić information content (AvgIpc) is 2.64. The summed E-state index contributed by atoms with van der Waals surface area (Å²) in [5, 5.41) is 3.33. The van der Waals surface area contributed by atoms with E-state index < -0.39 is 16.1 Å². The van der Waals surface area contributed by atoms with E-state index in [1.54, 1.807) is 31.2 Å². The smallest absolute Gasteiger partial charge is 0.244 e. The molecule has 0 aliphatic rings. The molecular weight excluding hydrogens is 412 g/mol. The molecule has 8 heteroatoms. The number of carbonyl (C=O) groups is 1. The van der Waals surface area contributed by atoms with Crippen LogP contribution >= 0.6 is 11.6 Å². The van der Waals surface area contributed by atoms with Crippen molar-refractivity contribution in [3.8, 4) is 5.75 Å². The van der Waals surface area contributed by atoms with Gasteiger partial charge >= 0.3 is 0 Å². The molecule has 1 amide bonds. The predicted octanol–water partition coefficient (Wildman–Crippen LogP) is 3.99. The fourth-order valence-corrected chi connectivity index (χ4v) is 4.29. The van der Waals surface area contributed by atoms with Crippen LogP contribution in [0.3, 0.4) is 0 Å². The first kappa shape index (κ1) is 23.0. The second-order valence-corrected chi connectivity index (χ2v) is 9.29. The number of amides is 1. The van der Waals surface area contributed by atoms with Gasteiger partial charge in [-0.2, -0.15) is 0 Å². The highest BCUT2D eigenvalue weighted by molar-refractivity contribution is 7.92. The van der Waals surface area contributed by atoms with Gasteiger partial charge in [-0.05, 0) is 62.2 Å². The van der Waals surface area contributed by atoms with Crippen LogP contribution in [0.4, 0.5) is 5.69 Å². The Labute approximate surface area is 177 Å². The van der Waals surface area contributed by atoms with E-state index in [1.165, 1.54) is 0 Å². The Hall–Kier alpha value is -2.25. The fourth-order valence-electron chi connectivity index (χ4n) is 2.96. The number of benzene rings is 2. The lowest BCUT2D eigenvalue weighted by Crippen LogP contribution is -2.49. The highest BCUT2D eigenvalue weighted by atomic mass is 35.5. The Morgan fingerprint density at radius 2 is 1.83 bits per heavy atom. The molecule has 1 unspecified atom stereocenters. The SMILES string of the molecule is CCC(C(=O)NCc1cccc(OC(C)C)c1)N(c1ccc(Cl)cc1)S(C)(=O)=O. The molecule has 1 N–H and O–H groups in total. The average molecular weight is 439 g/mol. The zero-order valence-electron chi connectivity index (χ0n) is 17.1. The van der Waals surface area contributed by atoms with Gasteiger partial charge in [0.2, 0.25) is 15.9 Å². The van der Waals surface area contributed by atoms with Gasteiger partial charge in [-0.1, -0.05) is 30.7 Å². The third kappa shape index (κ3) is 6.65. The van der Waals surface area contributed by atoms with E-state index >= 15 is 0 Å². The topological polar surface area (TPSA) is 75.7 Å². The van der Waals surface area contributed by atoms with E-state index in [-0.39, 0.29) is 18.6 Å². The molecule has 6 nitrogen and oxygen atoms in total. The maximum absolute atomic E-state index is 12.9. The fraction of sp³-hybridized carbons (Fsp3) is 0.381. The van der Waals surface area contributed by atoms with E-state index in [0.717, 1.165) is 21.9 Å². The van der Waals surface area contributed by atoms with Gasteiger partial charge in [0.05, 0.1) is 18.0 Å². The minimum absolute atomic E-state index is 0.0482. The van der Waals surface area contributed by atoms with Crippen molar-refractivity contribution in [3.63, 3.8) is 0 Å². The molecule has 1 atom stereocenters. The summed E-state index contributed by atoms with van der Waals surface area (Å²) in [5.41, 5.74) is 1.26. The molecule has 158 valence electrons. The van der Waals surface area contributed by atoms with Crippen LogP contribution < -0.4 is 14.4 Å². The van der Waals surface area contributed by atoms with Crippen LogP contribution in [0, 0.1) is 0 Å². The number of anilines is 1. The van der Waals surface area contributed by atoms with Crippen LogP contribution in [0.1, 0.15) is 32.8 Å². The summed E-state index contributed by atoms with van der Waals surface area (Å²) in [6.07, 6.45) is 1.45. The van der Waals surface area contributed by atoms with E-state index in [0.29, 0.717) is 17.1 Å². The number of nitrogens with zero attached hydrogens (tertiary/aromatic N) is 1. The molecule has 0 fully saturated rings. The Bertz CT molecular complexity index is 930. The van der Waals surface area contributed by atoms with Gasteiger partial charge in [0.25, 0.3) is 0 Å². The van der Waals surface area contributed by atoms with Gasteiger partial charge in [0.1, 0.15) is 11.8 Å². The number of ether oxygens (including phenoxy) is 1. The molecule has 0 heterocycles. The van der Waals surface area contributed by atoms with E-state index in [9.17, 15) is 13.2 Å². The molecule has 2 rings (SSSR count). The minimum atomic E-state index is -3.68. The predicted molar refractivity (Wildman–Crippen MR) is 117 cm³/mol. The molecule has 2 aromatic carbocycles. The van der Waals surface area contributed by atoms with Crippen LogP contribution in [-0.4, -0.2) is 32.7 Å². The van der Waals surface area contributed by atoms with Gasteiger partial charge in [-0.15, -0.1) is 0 Å². The van der Waals surface area contributed by atoms with Gasteiger partial charge in [-0.25, -0.2) is 8.42 Å². The van der Waals surface area contributed by atoms with Crippen molar-refractivity contribution >= 4 is 33.2 Å². The molecule has 0 aliphatic heterocycles. The second-order valence-electron chi connectivity index (χ2n) is 6.99. The third-order valence-corrected chi connectivity index (χ3v) is 5.58. The molecule has 0 saturated heterocycles. The van der Waals surface area contributed by atoms with Crippen molar-refractivity contribution in [2.75, 3.05) is 10.6 Å². The van der Waals surface area contributed by atoms with Crippen molar-refractivity contribution in [2.24, 2.45) is 0 Å². The molecule has 2 aromatic rings. The van der Waals surface area contributed by atoms with Crippen molar-refractivity contribution in [3.05, 3.63) is 59.1 Å². The Morgan fingerprint density at radius 1 is 1.17 bits per heavy atom. The first-order valence-electron chi connectivity index (χ1n) is 9.40. The largest absolute Gasteiger partial charge is 0.491 e. The highest BCUT2D eigenvalue weighted by Crippen LogP contribution is 2.24. The molecular formula is C21H27ClN2O4S. The molecule has 29 heavy (non-hydrogen) atoms. The summed E-state index contributed by atoms with van der Waals surface area (Å²) in [7, 11) is -3.68. The lowest BCUT2D eigenvalue weighted by Gasteiger charge is -2.30. The first-order chi connectivity index (χ1) is 13.6. The summed E-state index contributed by atoms with van der Waals surface area (Å²) in [6.45, 7) is 5.92. The van der Waals surface area contributed by atoms with Crippen LogP contribution in [0.15, 0.2) is 48.5 Å². The summed E-state index contributed by atoms with van der Waals surface area (Å²) < 4.78 is 31.7. The van der Waals surface area contributed by atoms with Crippen molar-refractivity contribution in [1.29, 1.82) is 0 Å². The zero-order chi connectivity index (χ0) is 21.6. The molecule has 0 spiro atoms. The quantitative estimate of drug-likeness (QED) is 0.642. The summed E-state index contributed by atoms with van der Waals surface area (Å²) in [5.74, 6) is 0.348. The third-order valence-electron chi connectivity index (χ3n) is 4.15.